The number of para-hydroxylation sites is 1. The lowest BCUT2D eigenvalue weighted by Gasteiger charge is -2.31. The number of allylic oxidation sites excluding steroid dienone is 1. The van der Waals surface area contributed by atoms with Crippen molar-refractivity contribution in [1.29, 1.82) is 0 Å². The van der Waals surface area contributed by atoms with Crippen molar-refractivity contribution < 1.29 is 28.9 Å². The van der Waals surface area contributed by atoms with Crippen LogP contribution in [0.2, 0.25) is 0 Å². The largest absolute Gasteiger partial charge is 0.508 e. The van der Waals surface area contributed by atoms with Crippen LogP contribution in [-0.4, -0.2) is 50.5 Å². The second-order valence-corrected chi connectivity index (χ2v) is 6.10. The molecular formula is C20H26N2O6. The molecule has 0 amide bonds. The van der Waals surface area contributed by atoms with Crippen molar-refractivity contribution >= 4 is 11.9 Å². The van der Waals surface area contributed by atoms with E-state index in [9.17, 15) is 14.7 Å². The lowest BCUT2D eigenvalue weighted by Crippen LogP contribution is -2.35. The number of dihydropyridines is 1. The van der Waals surface area contributed by atoms with Crippen molar-refractivity contribution in [3.8, 4) is 5.75 Å². The van der Waals surface area contributed by atoms with Gasteiger partial charge in [0.25, 0.3) is 0 Å². The topological polar surface area (TPSA) is 120 Å². The first kappa shape index (κ1) is 21.5. The van der Waals surface area contributed by atoms with E-state index in [0.29, 0.717) is 30.1 Å². The van der Waals surface area contributed by atoms with Gasteiger partial charge in [-0.05, 0) is 19.9 Å². The Balaban J connectivity index is 2.67. The standard InChI is InChI=1S/C20H26N2O6/c1-4-28-20(25)18-14(11-27-10-9-21)22-12(2)16(19(24)26-3)17(18)13-7-5-6-8-15(13)23/h5-8,17,22-23H,4,9-11,21H2,1-3H3. The number of hydrogen-bond donors (Lipinski definition) is 3. The summed E-state index contributed by atoms with van der Waals surface area (Å²) in [5, 5.41) is 13.5. The van der Waals surface area contributed by atoms with Crippen LogP contribution in [0.25, 0.3) is 0 Å². The third kappa shape index (κ3) is 4.52. The van der Waals surface area contributed by atoms with Gasteiger partial charge in [-0.2, -0.15) is 0 Å². The van der Waals surface area contributed by atoms with Crippen LogP contribution in [0, 0.1) is 0 Å². The summed E-state index contributed by atoms with van der Waals surface area (Å²) in [5.41, 5.74) is 7.22. The van der Waals surface area contributed by atoms with Crippen LogP contribution in [0.15, 0.2) is 46.8 Å². The highest BCUT2D eigenvalue weighted by atomic mass is 16.5. The Kier molecular flexibility index (Phi) is 7.60. The van der Waals surface area contributed by atoms with Crippen molar-refractivity contribution in [2.75, 3.05) is 33.5 Å². The molecule has 0 aromatic heterocycles. The maximum absolute atomic E-state index is 12.8. The highest BCUT2D eigenvalue weighted by Crippen LogP contribution is 2.42. The van der Waals surface area contributed by atoms with E-state index in [4.69, 9.17) is 19.9 Å². The number of hydrogen-bond acceptors (Lipinski definition) is 8. The fourth-order valence-corrected chi connectivity index (χ4v) is 3.14. The third-order valence-corrected chi connectivity index (χ3v) is 4.30. The first-order chi connectivity index (χ1) is 13.5. The molecule has 0 bridgehead atoms. The Labute approximate surface area is 164 Å². The molecule has 0 aliphatic carbocycles. The maximum atomic E-state index is 12.8. The van der Waals surface area contributed by atoms with Crippen LogP contribution in [-0.2, 0) is 23.8 Å². The number of carbonyl (C=O) groups is 2. The Morgan fingerprint density at radius 2 is 1.93 bits per heavy atom. The Bertz CT molecular complexity index is 800. The number of esters is 2. The van der Waals surface area contributed by atoms with Crippen LogP contribution < -0.4 is 11.1 Å². The minimum absolute atomic E-state index is 0.0485. The van der Waals surface area contributed by atoms with Crippen molar-refractivity contribution in [2.24, 2.45) is 5.73 Å². The molecule has 1 aliphatic rings. The van der Waals surface area contributed by atoms with Crippen LogP contribution in [0.1, 0.15) is 25.3 Å². The van der Waals surface area contributed by atoms with Crippen molar-refractivity contribution in [1.82, 2.24) is 5.32 Å². The zero-order chi connectivity index (χ0) is 20.7. The van der Waals surface area contributed by atoms with Crippen LogP contribution in [0.4, 0.5) is 0 Å². The zero-order valence-corrected chi connectivity index (χ0v) is 16.3. The molecule has 0 saturated carbocycles. The lowest BCUT2D eigenvalue weighted by atomic mass is 9.80. The van der Waals surface area contributed by atoms with Crippen molar-refractivity contribution in [3.63, 3.8) is 0 Å². The van der Waals surface area contributed by atoms with E-state index in [1.54, 1.807) is 32.0 Å². The van der Waals surface area contributed by atoms with Gasteiger partial charge in [-0.15, -0.1) is 0 Å². The molecule has 1 aliphatic heterocycles. The molecule has 28 heavy (non-hydrogen) atoms. The molecule has 8 nitrogen and oxygen atoms in total. The average molecular weight is 390 g/mol. The number of benzene rings is 1. The Hall–Kier alpha value is -2.84. The van der Waals surface area contributed by atoms with E-state index in [1.807, 2.05) is 0 Å². The molecule has 0 radical (unpaired) electrons. The predicted molar refractivity (Wildman–Crippen MR) is 102 cm³/mol. The lowest BCUT2D eigenvalue weighted by molar-refractivity contribution is -0.139. The average Bonchev–Trinajstić information content (AvgIpc) is 2.67. The Morgan fingerprint density at radius 1 is 1.21 bits per heavy atom. The molecule has 152 valence electrons. The van der Waals surface area contributed by atoms with Gasteiger partial charge in [-0.3, -0.25) is 0 Å². The number of phenolic OH excluding ortho intramolecular Hbond substituents is 1. The van der Waals surface area contributed by atoms with Crippen molar-refractivity contribution in [3.05, 3.63) is 52.4 Å². The molecule has 2 rings (SSSR count). The number of ether oxygens (including phenoxy) is 3. The molecule has 1 heterocycles. The van der Waals surface area contributed by atoms with Crippen molar-refractivity contribution in [2.45, 2.75) is 19.8 Å². The molecule has 1 aromatic rings. The van der Waals surface area contributed by atoms with E-state index in [2.05, 4.69) is 5.32 Å². The normalized spacial score (nSPS) is 16.6. The number of carbonyl (C=O) groups excluding carboxylic acids is 2. The summed E-state index contributed by atoms with van der Waals surface area (Å²) in [6.45, 7) is 4.24. The number of nitrogens with two attached hydrogens (primary N) is 1. The molecule has 8 heteroatoms. The monoisotopic (exact) mass is 390 g/mol. The van der Waals surface area contributed by atoms with Gasteiger partial charge in [0.05, 0.1) is 49.7 Å². The second-order valence-electron chi connectivity index (χ2n) is 6.10. The van der Waals surface area contributed by atoms with Gasteiger partial charge in [-0.25, -0.2) is 9.59 Å². The number of nitrogens with one attached hydrogen (secondary N) is 1. The van der Waals surface area contributed by atoms with Gasteiger partial charge in [0.1, 0.15) is 5.75 Å². The van der Waals surface area contributed by atoms with Gasteiger partial charge in [0.15, 0.2) is 0 Å². The van der Waals surface area contributed by atoms with Crippen LogP contribution >= 0.6 is 0 Å². The number of methoxy groups -OCH3 is 1. The summed E-state index contributed by atoms with van der Waals surface area (Å²) in [6.07, 6.45) is 0. The third-order valence-electron chi connectivity index (χ3n) is 4.30. The highest BCUT2D eigenvalue weighted by molar-refractivity contribution is 6.00. The zero-order valence-electron chi connectivity index (χ0n) is 16.3. The molecule has 4 N–H and O–H groups in total. The molecular weight excluding hydrogens is 364 g/mol. The van der Waals surface area contributed by atoms with Crippen LogP contribution in [0.5, 0.6) is 5.75 Å². The van der Waals surface area contributed by atoms with Gasteiger partial charge >= 0.3 is 11.9 Å². The predicted octanol–water partition coefficient (Wildman–Crippen LogP) is 1.32. The van der Waals surface area contributed by atoms with Gasteiger partial charge in [0.2, 0.25) is 0 Å². The van der Waals surface area contributed by atoms with E-state index in [1.165, 1.54) is 13.2 Å². The summed E-state index contributed by atoms with van der Waals surface area (Å²) >= 11 is 0. The summed E-state index contributed by atoms with van der Waals surface area (Å²) < 4.78 is 15.7. The summed E-state index contributed by atoms with van der Waals surface area (Å²) in [6, 6.07) is 6.52. The van der Waals surface area contributed by atoms with Gasteiger partial charge in [0, 0.05) is 17.8 Å². The summed E-state index contributed by atoms with van der Waals surface area (Å²) in [7, 11) is 1.26. The minimum atomic E-state index is -0.870. The molecule has 1 aromatic carbocycles. The quantitative estimate of drug-likeness (QED) is 0.449. The van der Waals surface area contributed by atoms with E-state index in [0.717, 1.165) is 0 Å². The molecule has 0 spiro atoms. The summed E-state index contributed by atoms with van der Waals surface area (Å²) in [4.78, 5) is 25.4. The first-order valence-electron chi connectivity index (χ1n) is 8.98. The first-order valence-corrected chi connectivity index (χ1v) is 8.98. The fourth-order valence-electron chi connectivity index (χ4n) is 3.14. The van der Waals surface area contributed by atoms with E-state index in [-0.39, 0.29) is 30.1 Å². The number of phenols is 1. The molecule has 0 saturated heterocycles. The highest BCUT2D eigenvalue weighted by Gasteiger charge is 2.39. The minimum Gasteiger partial charge on any atom is -0.508 e. The molecule has 0 fully saturated rings. The molecule has 1 unspecified atom stereocenters. The van der Waals surface area contributed by atoms with Gasteiger partial charge in [-0.1, -0.05) is 18.2 Å². The smallest absolute Gasteiger partial charge is 0.336 e. The van der Waals surface area contributed by atoms with Gasteiger partial charge < -0.3 is 30.4 Å². The fraction of sp³-hybridized carbons (Fsp3) is 0.400. The molecule has 1 atom stereocenters. The SMILES string of the molecule is CCOC(=O)C1=C(COCCN)NC(C)=C(C(=O)OC)C1c1ccccc1O. The number of aromatic hydroxyl groups is 1. The Morgan fingerprint density at radius 3 is 2.54 bits per heavy atom. The number of rotatable bonds is 8. The summed E-state index contributed by atoms with van der Waals surface area (Å²) in [5.74, 6) is -2.14. The maximum Gasteiger partial charge on any atom is 0.336 e. The van der Waals surface area contributed by atoms with E-state index >= 15 is 0 Å². The van der Waals surface area contributed by atoms with Crippen LogP contribution in [0.3, 0.4) is 0 Å². The van der Waals surface area contributed by atoms with E-state index < -0.39 is 17.9 Å². The second kappa shape index (κ2) is 9.91.